The van der Waals surface area contributed by atoms with Crippen LogP contribution in [0.3, 0.4) is 0 Å². The van der Waals surface area contributed by atoms with E-state index in [2.05, 4.69) is 92.4 Å². The van der Waals surface area contributed by atoms with E-state index >= 15 is 0 Å². The van der Waals surface area contributed by atoms with Crippen LogP contribution in [0.25, 0.3) is 10.8 Å². The fraction of sp³-hybridized carbons (Fsp3) is 0.385. The number of benzene rings is 3. The van der Waals surface area contributed by atoms with Gasteiger partial charge in [-0.15, -0.1) is 0 Å². The highest BCUT2D eigenvalue weighted by Crippen LogP contribution is 2.28. The quantitative estimate of drug-likeness (QED) is 0.487. The molecule has 0 heterocycles. The van der Waals surface area contributed by atoms with Crippen molar-refractivity contribution in [1.82, 2.24) is 4.90 Å². The van der Waals surface area contributed by atoms with Crippen molar-refractivity contribution in [2.24, 2.45) is 5.92 Å². The molecule has 0 saturated carbocycles. The van der Waals surface area contributed by atoms with E-state index in [1.165, 1.54) is 28.3 Å². The van der Waals surface area contributed by atoms with Gasteiger partial charge in [-0.1, -0.05) is 80.6 Å². The first-order valence-electron chi connectivity index (χ1n) is 10.5. The lowest BCUT2D eigenvalue weighted by atomic mass is 9.95. The van der Waals surface area contributed by atoms with Gasteiger partial charge in [0.15, 0.2) is 0 Å². The summed E-state index contributed by atoms with van der Waals surface area (Å²) in [5.41, 5.74) is 3.64. The maximum Gasteiger partial charge on any atom is 0.0808 e. The van der Waals surface area contributed by atoms with Crippen LogP contribution in [0.1, 0.15) is 49.5 Å². The molecular weight excluding hydrogens is 342 g/mol. The molecule has 0 spiro atoms. The highest BCUT2D eigenvalue weighted by Gasteiger charge is 2.15. The summed E-state index contributed by atoms with van der Waals surface area (Å²) in [7, 11) is 0. The Hall–Kier alpha value is -2.16. The van der Waals surface area contributed by atoms with E-state index in [-0.39, 0.29) is 0 Å². The first-order chi connectivity index (χ1) is 13.5. The molecule has 2 heteroatoms. The van der Waals surface area contributed by atoms with E-state index in [0.29, 0.717) is 5.92 Å². The van der Waals surface area contributed by atoms with Crippen LogP contribution in [-0.4, -0.2) is 23.1 Å². The molecule has 0 aromatic heterocycles. The third kappa shape index (κ3) is 5.43. The molecule has 0 fully saturated rings. The van der Waals surface area contributed by atoms with Crippen molar-refractivity contribution in [3.05, 3.63) is 83.4 Å². The molecule has 0 radical (unpaired) electrons. The molecule has 0 saturated heterocycles. The number of hydrogen-bond donors (Lipinski definition) is 1. The van der Waals surface area contributed by atoms with Gasteiger partial charge in [0.05, 0.1) is 6.10 Å². The molecule has 1 atom stereocenters. The normalized spacial score (nSPS) is 12.8. The van der Waals surface area contributed by atoms with E-state index in [1.54, 1.807) is 0 Å². The summed E-state index contributed by atoms with van der Waals surface area (Å²) >= 11 is 0. The van der Waals surface area contributed by atoms with Gasteiger partial charge in [-0.3, -0.25) is 4.90 Å². The Balaban J connectivity index is 1.70. The Morgan fingerprint density at radius 3 is 2.14 bits per heavy atom. The van der Waals surface area contributed by atoms with Crippen molar-refractivity contribution in [1.29, 1.82) is 0 Å². The van der Waals surface area contributed by atoms with Crippen LogP contribution in [0.2, 0.25) is 0 Å². The summed E-state index contributed by atoms with van der Waals surface area (Å²) in [4.78, 5) is 2.48. The van der Waals surface area contributed by atoms with Gasteiger partial charge in [0.1, 0.15) is 0 Å². The fourth-order valence-electron chi connectivity index (χ4n) is 3.78. The topological polar surface area (TPSA) is 23.5 Å². The van der Waals surface area contributed by atoms with E-state index in [0.717, 1.165) is 31.6 Å². The lowest BCUT2D eigenvalue weighted by Gasteiger charge is -2.25. The van der Waals surface area contributed by atoms with Crippen molar-refractivity contribution in [3.8, 4) is 0 Å². The highest BCUT2D eigenvalue weighted by atomic mass is 16.3. The number of fused-ring (bicyclic) bond motifs is 1. The van der Waals surface area contributed by atoms with E-state index < -0.39 is 6.10 Å². The van der Waals surface area contributed by atoms with Crippen LogP contribution >= 0.6 is 0 Å². The summed E-state index contributed by atoms with van der Waals surface area (Å²) in [5, 5.41) is 13.4. The van der Waals surface area contributed by atoms with Gasteiger partial charge in [-0.25, -0.2) is 0 Å². The third-order valence-corrected chi connectivity index (χ3v) is 5.53. The lowest BCUT2D eigenvalue weighted by Crippen LogP contribution is -2.27. The van der Waals surface area contributed by atoms with Gasteiger partial charge in [-0.05, 0) is 59.7 Å². The molecule has 0 bridgehead atoms. The van der Waals surface area contributed by atoms with Crippen LogP contribution in [-0.2, 0) is 6.54 Å². The number of nitrogens with zero attached hydrogens (tertiary/aromatic N) is 1. The SMILES string of the molecule is Cc1ccc(C(O)CCN(CCC(C)C)Cc2ccccc2)c2ccccc12. The van der Waals surface area contributed by atoms with E-state index in [9.17, 15) is 5.11 Å². The molecule has 0 amide bonds. The number of aliphatic hydroxyl groups excluding tert-OH is 1. The van der Waals surface area contributed by atoms with Gasteiger partial charge in [0, 0.05) is 13.1 Å². The zero-order valence-corrected chi connectivity index (χ0v) is 17.4. The first-order valence-corrected chi connectivity index (χ1v) is 10.5. The molecule has 0 aliphatic heterocycles. The highest BCUT2D eigenvalue weighted by molar-refractivity contribution is 5.88. The van der Waals surface area contributed by atoms with E-state index in [4.69, 9.17) is 0 Å². The van der Waals surface area contributed by atoms with Crippen molar-refractivity contribution in [2.45, 2.75) is 46.3 Å². The minimum atomic E-state index is -0.442. The van der Waals surface area contributed by atoms with Crippen molar-refractivity contribution in [2.75, 3.05) is 13.1 Å². The maximum absolute atomic E-state index is 11.0. The van der Waals surface area contributed by atoms with Gasteiger partial charge >= 0.3 is 0 Å². The Morgan fingerprint density at radius 2 is 1.43 bits per heavy atom. The number of aliphatic hydroxyl groups is 1. The Morgan fingerprint density at radius 1 is 0.786 bits per heavy atom. The molecule has 3 rings (SSSR count). The summed E-state index contributed by atoms with van der Waals surface area (Å²) in [6, 6.07) is 23.3. The largest absolute Gasteiger partial charge is 0.388 e. The molecule has 3 aromatic rings. The standard InChI is InChI=1S/C26H33NO/c1-20(2)15-17-27(19-22-9-5-4-6-10-22)18-16-26(28)25-14-13-21(3)23-11-7-8-12-24(23)25/h4-14,20,26,28H,15-19H2,1-3H3. The van der Waals surface area contributed by atoms with Crippen LogP contribution in [0.4, 0.5) is 0 Å². The van der Waals surface area contributed by atoms with Crippen molar-refractivity contribution in [3.63, 3.8) is 0 Å². The van der Waals surface area contributed by atoms with Crippen LogP contribution in [0.15, 0.2) is 66.7 Å². The minimum Gasteiger partial charge on any atom is -0.388 e. The second-order valence-corrected chi connectivity index (χ2v) is 8.27. The predicted molar refractivity (Wildman–Crippen MR) is 119 cm³/mol. The zero-order valence-electron chi connectivity index (χ0n) is 17.4. The van der Waals surface area contributed by atoms with Crippen molar-refractivity contribution < 1.29 is 5.11 Å². The predicted octanol–water partition coefficient (Wildman–Crippen LogP) is 6.12. The molecule has 0 aliphatic rings. The minimum absolute atomic E-state index is 0.442. The summed E-state index contributed by atoms with van der Waals surface area (Å²) in [6.45, 7) is 9.57. The molecule has 28 heavy (non-hydrogen) atoms. The zero-order chi connectivity index (χ0) is 19.9. The lowest BCUT2D eigenvalue weighted by molar-refractivity contribution is 0.138. The first kappa shape index (κ1) is 20.6. The van der Waals surface area contributed by atoms with Crippen LogP contribution < -0.4 is 0 Å². The maximum atomic E-state index is 11.0. The average Bonchev–Trinajstić information content (AvgIpc) is 2.71. The molecule has 1 unspecified atom stereocenters. The van der Waals surface area contributed by atoms with Crippen LogP contribution in [0, 0.1) is 12.8 Å². The Labute approximate surface area is 169 Å². The summed E-state index contributed by atoms with van der Waals surface area (Å²) in [6.07, 6.45) is 1.48. The van der Waals surface area contributed by atoms with Gasteiger partial charge in [-0.2, -0.15) is 0 Å². The number of rotatable bonds is 9. The molecule has 2 nitrogen and oxygen atoms in total. The van der Waals surface area contributed by atoms with Gasteiger partial charge in [0.25, 0.3) is 0 Å². The summed E-state index contributed by atoms with van der Waals surface area (Å²) < 4.78 is 0. The van der Waals surface area contributed by atoms with Crippen molar-refractivity contribution >= 4 is 10.8 Å². The number of aryl methyl sites for hydroxylation is 1. The molecule has 0 aliphatic carbocycles. The molecule has 148 valence electrons. The Kier molecular flexibility index (Phi) is 7.24. The second kappa shape index (κ2) is 9.86. The second-order valence-electron chi connectivity index (χ2n) is 8.27. The number of hydrogen-bond acceptors (Lipinski definition) is 2. The summed E-state index contributed by atoms with van der Waals surface area (Å²) in [5.74, 6) is 0.684. The van der Waals surface area contributed by atoms with E-state index in [1.807, 2.05) is 0 Å². The third-order valence-electron chi connectivity index (χ3n) is 5.53. The average molecular weight is 376 g/mol. The molecular formula is C26H33NO. The molecule has 1 N–H and O–H groups in total. The van der Waals surface area contributed by atoms with Crippen LogP contribution in [0.5, 0.6) is 0 Å². The molecule has 3 aromatic carbocycles. The smallest absolute Gasteiger partial charge is 0.0808 e. The Bertz CT molecular complexity index is 872. The monoisotopic (exact) mass is 375 g/mol. The van der Waals surface area contributed by atoms with Gasteiger partial charge in [0.2, 0.25) is 0 Å². The van der Waals surface area contributed by atoms with Gasteiger partial charge < -0.3 is 5.11 Å². The fourth-order valence-corrected chi connectivity index (χ4v) is 3.78.